The fourth-order valence-electron chi connectivity index (χ4n) is 7.03. The van der Waals surface area contributed by atoms with Gasteiger partial charge in [0.2, 0.25) is 5.89 Å². The van der Waals surface area contributed by atoms with Gasteiger partial charge in [-0.15, -0.1) is 24.3 Å². The van der Waals surface area contributed by atoms with Crippen LogP contribution in [0.15, 0.2) is 162 Å². The Morgan fingerprint density at radius 1 is 0.508 bits per heavy atom. The summed E-state index contributed by atoms with van der Waals surface area (Å²) in [5.41, 5.74) is 7.27. The van der Waals surface area contributed by atoms with E-state index in [0.717, 1.165) is 77.6 Å². The van der Waals surface area contributed by atoms with E-state index < -0.39 is 0 Å². The topological polar surface area (TPSA) is 126 Å². The molecule has 0 bridgehead atoms. The molecule has 3 aromatic heterocycles. The number of phenolic OH excluding ortho intramolecular Hbond substituents is 1. The Bertz CT molecular complexity index is 3090. The van der Waals surface area contributed by atoms with Crippen LogP contribution >= 0.6 is 0 Å². The number of nitrogens with zero attached hydrogens (tertiary/aromatic N) is 7. The molecule has 0 aliphatic rings. The molecule has 0 saturated carbocycles. The van der Waals surface area contributed by atoms with Crippen molar-refractivity contribution in [2.45, 2.75) is 27.7 Å². The van der Waals surface area contributed by atoms with Gasteiger partial charge in [0, 0.05) is 31.6 Å². The average molecular weight is 1040 g/mol. The molecule has 12 heteroatoms. The summed E-state index contributed by atoms with van der Waals surface area (Å²) < 4.78 is 17.5. The number of hydrogen-bond donors (Lipinski definition) is 1. The Labute approximate surface area is 389 Å². The monoisotopic (exact) mass is 1040 g/mol. The molecule has 0 atom stereocenters. The summed E-state index contributed by atoms with van der Waals surface area (Å²) in [6.45, 7) is 9.92. The molecule has 11 nitrogen and oxygen atoms in total. The molecule has 0 aliphatic carbocycles. The first-order valence-corrected chi connectivity index (χ1v) is 21.2. The number of benzene rings is 8. The normalized spacial score (nSPS) is 11.1. The molecule has 11 aromatic rings. The van der Waals surface area contributed by atoms with Crippen molar-refractivity contribution in [2.75, 3.05) is 13.2 Å². The molecule has 11 rings (SSSR count). The van der Waals surface area contributed by atoms with Crippen molar-refractivity contribution in [1.82, 2.24) is 35.0 Å². The van der Waals surface area contributed by atoms with Crippen molar-refractivity contribution in [3.8, 4) is 40.1 Å². The molecule has 0 aliphatic heterocycles. The second-order valence-corrected chi connectivity index (χ2v) is 16.0. The molecule has 0 fully saturated rings. The maximum atomic E-state index is 9.69. The van der Waals surface area contributed by atoms with Gasteiger partial charge in [0.05, 0.1) is 18.8 Å². The molecule has 327 valence electrons. The van der Waals surface area contributed by atoms with Gasteiger partial charge in [0.1, 0.15) is 33.3 Å². The Morgan fingerprint density at radius 2 is 0.892 bits per heavy atom. The maximum absolute atomic E-state index is 9.69. The van der Waals surface area contributed by atoms with Crippen LogP contribution in [0.25, 0.3) is 77.5 Å². The minimum absolute atomic E-state index is 0. The molecule has 0 spiro atoms. The summed E-state index contributed by atoms with van der Waals surface area (Å²) in [6.07, 6.45) is 0. The third-order valence-corrected chi connectivity index (χ3v) is 10.1. The van der Waals surface area contributed by atoms with Gasteiger partial charge in [0.15, 0.2) is 5.58 Å². The van der Waals surface area contributed by atoms with Crippen LogP contribution in [0, 0.1) is 24.0 Å². The standard InChI is InChI=1S/2C20H18N3O.C13H9NO2.Ir/c2*1-14(2)13-24-20-12-11-19(15-7-3-4-8-16(15)20)23-21-17-9-5-6-10-18(17)22-23;15-11-7-3-1-5-9(11)13-14-10-6-2-4-8-12(10)16-13;/h2*3-10,12,14H,13H2,1-2H3;1-8,15H;/q2*-1;;. The quantitative estimate of drug-likeness (QED) is 0.141. The van der Waals surface area contributed by atoms with E-state index in [1.807, 2.05) is 115 Å². The Kier molecular flexibility index (Phi) is 13.6. The minimum Gasteiger partial charge on any atom is -0.550 e. The zero-order valence-electron chi connectivity index (χ0n) is 36.2. The molecule has 8 aromatic carbocycles. The second-order valence-electron chi connectivity index (χ2n) is 16.0. The smallest absolute Gasteiger partial charge is 0.231 e. The molecule has 1 N–H and O–H groups in total. The van der Waals surface area contributed by atoms with Crippen LogP contribution in [-0.2, 0) is 20.1 Å². The maximum Gasteiger partial charge on any atom is 0.231 e. The van der Waals surface area contributed by atoms with E-state index >= 15 is 0 Å². The van der Waals surface area contributed by atoms with Gasteiger partial charge in [-0.05, 0) is 71.7 Å². The summed E-state index contributed by atoms with van der Waals surface area (Å²) in [5.74, 6) is 3.26. The van der Waals surface area contributed by atoms with Crippen LogP contribution in [0.5, 0.6) is 17.2 Å². The van der Waals surface area contributed by atoms with E-state index in [-0.39, 0.29) is 25.9 Å². The van der Waals surface area contributed by atoms with E-state index in [4.69, 9.17) is 13.9 Å². The third-order valence-electron chi connectivity index (χ3n) is 10.1. The number of hydrogen-bond acceptors (Lipinski definition) is 9. The van der Waals surface area contributed by atoms with Crippen molar-refractivity contribution in [2.24, 2.45) is 11.8 Å². The molecule has 3 heterocycles. The van der Waals surface area contributed by atoms with E-state index in [0.29, 0.717) is 36.5 Å². The van der Waals surface area contributed by atoms with Crippen LogP contribution in [-0.4, -0.2) is 53.3 Å². The van der Waals surface area contributed by atoms with Gasteiger partial charge in [-0.2, -0.15) is 42.1 Å². The van der Waals surface area contributed by atoms with Crippen LogP contribution < -0.4 is 9.47 Å². The molecule has 65 heavy (non-hydrogen) atoms. The van der Waals surface area contributed by atoms with Crippen LogP contribution in [0.2, 0.25) is 0 Å². The minimum atomic E-state index is 0. The van der Waals surface area contributed by atoms with Gasteiger partial charge in [-0.25, -0.2) is 4.98 Å². The number of rotatable bonds is 9. The van der Waals surface area contributed by atoms with Crippen molar-refractivity contribution in [1.29, 1.82) is 0 Å². The van der Waals surface area contributed by atoms with Crippen LogP contribution in [0.3, 0.4) is 0 Å². The van der Waals surface area contributed by atoms with Crippen LogP contribution in [0.4, 0.5) is 0 Å². The predicted molar refractivity (Wildman–Crippen MR) is 252 cm³/mol. The Balaban J connectivity index is 0.000000135. The number of aromatic nitrogens is 7. The van der Waals surface area contributed by atoms with E-state index in [1.54, 1.807) is 27.8 Å². The largest absolute Gasteiger partial charge is 0.550 e. The predicted octanol–water partition coefficient (Wildman–Crippen LogP) is 12.0. The first-order chi connectivity index (χ1) is 31.3. The SMILES string of the molecule is CC(C)COc1c[c-]c(-n2nc3ccccc3n2)c2ccccc12.CC(C)COc1c[c-]c(-n2nc3ccccc3n2)c2ccccc12.Oc1ccccc1-c1nc2ccccc2o1.[Ir]. The van der Waals surface area contributed by atoms with Crippen molar-refractivity contribution in [3.05, 3.63) is 170 Å². The molecule has 0 amide bonds. The average Bonchev–Trinajstić information content (AvgIpc) is 4.08. The Morgan fingerprint density at radius 3 is 1.32 bits per heavy atom. The zero-order valence-corrected chi connectivity index (χ0v) is 38.6. The molecular weight excluding hydrogens is 991 g/mol. The molecule has 0 unspecified atom stereocenters. The van der Waals surface area contributed by atoms with E-state index in [2.05, 4.69) is 89.5 Å². The summed E-state index contributed by atoms with van der Waals surface area (Å²) in [6, 6.07) is 56.8. The summed E-state index contributed by atoms with van der Waals surface area (Å²) in [7, 11) is 0. The zero-order chi connectivity index (χ0) is 44.0. The molecule has 1 radical (unpaired) electrons. The molecule has 0 saturated heterocycles. The second kappa shape index (κ2) is 20.0. The van der Waals surface area contributed by atoms with Crippen molar-refractivity contribution < 1.29 is 39.1 Å². The number of aromatic hydroxyl groups is 1. The van der Waals surface area contributed by atoms with Crippen molar-refractivity contribution in [3.63, 3.8) is 0 Å². The summed E-state index contributed by atoms with van der Waals surface area (Å²) >= 11 is 0. The van der Waals surface area contributed by atoms with Crippen LogP contribution in [0.1, 0.15) is 27.7 Å². The molecular formula is C53H45IrN7O4-2. The van der Waals surface area contributed by atoms with Gasteiger partial charge in [0.25, 0.3) is 0 Å². The first-order valence-electron chi connectivity index (χ1n) is 21.2. The number of oxazole rings is 1. The van der Waals surface area contributed by atoms with Crippen molar-refractivity contribution >= 4 is 54.7 Å². The van der Waals surface area contributed by atoms with E-state index in [1.165, 1.54) is 0 Å². The summed E-state index contributed by atoms with van der Waals surface area (Å²) in [5, 5.41) is 32.1. The summed E-state index contributed by atoms with van der Waals surface area (Å²) in [4.78, 5) is 7.62. The van der Waals surface area contributed by atoms with Gasteiger partial charge in [-0.1, -0.05) is 134 Å². The fraction of sp³-hybridized carbons (Fsp3) is 0.151. The van der Waals surface area contributed by atoms with Gasteiger partial charge < -0.3 is 19.0 Å². The Hall–Kier alpha value is -7.40. The number of phenols is 1. The number of ether oxygens (including phenoxy) is 2. The number of para-hydroxylation sites is 3. The number of fused-ring (bicyclic) bond motifs is 5. The van der Waals surface area contributed by atoms with E-state index in [9.17, 15) is 5.11 Å². The van der Waals surface area contributed by atoms with Gasteiger partial charge in [-0.3, -0.25) is 0 Å². The fourth-order valence-corrected chi connectivity index (χ4v) is 7.03. The third kappa shape index (κ3) is 9.89. The van der Waals surface area contributed by atoms with Gasteiger partial charge >= 0.3 is 0 Å². The first kappa shape index (κ1) is 44.2.